The first-order valence-corrected chi connectivity index (χ1v) is 10.1. The number of hydrogen-bond donors (Lipinski definition) is 1. The van der Waals surface area contributed by atoms with Crippen molar-refractivity contribution in [2.75, 3.05) is 42.2 Å². The summed E-state index contributed by atoms with van der Waals surface area (Å²) in [5.74, 6) is -0.511. The van der Waals surface area contributed by atoms with Crippen molar-refractivity contribution in [1.29, 1.82) is 0 Å². The van der Waals surface area contributed by atoms with Crippen LogP contribution >= 0.6 is 11.8 Å². The molecule has 0 aromatic heterocycles. The van der Waals surface area contributed by atoms with E-state index in [1.165, 1.54) is 17.9 Å². The van der Waals surface area contributed by atoms with Crippen molar-refractivity contribution >= 4 is 35.1 Å². The van der Waals surface area contributed by atoms with Crippen LogP contribution in [0.1, 0.15) is 19.8 Å². The van der Waals surface area contributed by atoms with Gasteiger partial charge in [-0.2, -0.15) is 11.8 Å². The van der Waals surface area contributed by atoms with E-state index in [9.17, 15) is 14.0 Å². The van der Waals surface area contributed by atoms with E-state index in [0.29, 0.717) is 16.6 Å². The molecule has 0 unspecified atom stereocenters. The Labute approximate surface area is 157 Å². The topological polar surface area (TPSA) is 61.9 Å². The number of piperidine rings is 1. The first-order chi connectivity index (χ1) is 12.5. The van der Waals surface area contributed by atoms with Crippen LogP contribution < -0.4 is 15.1 Å². The van der Waals surface area contributed by atoms with Gasteiger partial charge in [0.05, 0.1) is 24.5 Å². The van der Waals surface area contributed by atoms with E-state index >= 15 is 0 Å². The van der Waals surface area contributed by atoms with Gasteiger partial charge in [0.15, 0.2) is 0 Å². The number of rotatable bonds is 5. The molecule has 0 bridgehead atoms. The average Bonchev–Trinajstić information content (AvgIpc) is 3.01. The second kappa shape index (κ2) is 8.16. The van der Waals surface area contributed by atoms with Crippen molar-refractivity contribution in [2.45, 2.75) is 31.1 Å². The third-order valence-electron chi connectivity index (χ3n) is 4.81. The molecule has 1 N–H and O–H groups in total. The van der Waals surface area contributed by atoms with E-state index in [1.807, 2.05) is 11.8 Å². The minimum absolute atomic E-state index is 0.180. The molecule has 2 aliphatic rings. The average molecular weight is 381 g/mol. The number of carbonyl (C=O) groups is 2. The zero-order chi connectivity index (χ0) is 18.7. The van der Waals surface area contributed by atoms with Crippen LogP contribution in [0.15, 0.2) is 18.2 Å². The number of ether oxygens (including phenoxy) is 1. The van der Waals surface area contributed by atoms with Gasteiger partial charge in [-0.25, -0.2) is 9.18 Å². The van der Waals surface area contributed by atoms with Gasteiger partial charge in [0.2, 0.25) is 5.91 Å². The Kier molecular flexibility index (Phi) is 5.90. The van der Waals surface area contributed by atoms with Gasteiger partial charge < -0.3 is 15.0 Å². The highest BCUT2D eigenvalue weighted by molar-refractivity contribution is 7.99. The van der Waals surface area contributed by atoms with Gasteiger partial charge in [-0.1, -0.05) is 0 Å². The lowest BCUT2D eigenvalue weighted by molar-refractivity contribution is -0.119. The summed E-state index contributed by atoms with van der Waals surface area (Å²) >= 11 is 1.87. The third kappa shape index (κ3) is 4.23. The van der Waals surface area contributed by atoms with E-state index < -0.39 is 12.2 Å². The summed E-state index contributed by atoms with van der Waals surface area (Å²) in [6, 6.07) is 4.87. The maximum atomic E-state index is 14.7. The maximum Gasteiger partial charge on any atom is 0.414 e. The zero-order valence-corrected chi connectivity index (χ0v) is 15.9. The lowest BCUT2D eigenvalue weighted by Gasteiger charge is -2.33. The van der Waals surface area contributed by atoms with Crippen molar-refractivity contribution < 1.29 is 18.7 Å². The highest BCUT2D eigenvalue weighted by Crippen LogP contribution is 2.31. The van der Waals surface area contributed by atoms with Crippen LogP contribution in [0.4, 0.5) is 20.6 Å². The molecule has 2 aliphatic heterocycles. The first-order valence-electron chi connectivity index (χ1n) is 8.78. The monoisotopic (exact) mass is 381 g/mol. The van der Waals surface area contributed by atoms with Crippen molar-refractivity contribution in [3.63, 3.8) is 0 Å². The molecule has 26 heavy (non-hydrogen) atoms. The van der Waals surface area contributed by atoms with E-state index in [4.69, 9.17) is 4.74 Å². The van der Waals surface area contributed by atoms with Gasteiger partial charge in [0.1, 0.15) is 11.9 Å². The quantitative estimate of drug-likeness (QED) is 0.850. The molecule has 2 heterocycles. The van der Waals surface area contributed by atoms with E-state index in [1.54, 1.807) is 12.1 Å². The number of halogens is 1. The van der Waals surface area contributed by atoms with Crippen LogP contribution in [-0.2, 0) is 9.53 Å². The van der Waals surface area contributed by atoms with Gasteiger partial charge in [-0.3, -0.25) is 9.69 Å². The van der Waals surface area contributed by atoms with Crippen molar-refractivity contribution in [2.24, 2.45) is 0 Å². The van der Waals surface area contributed by atoms with Crippen LogP contribution in [0.2, 0.25) is 0 Å². The number of nitrogens with zero attached hydrogens (tertiary/aromatic N) is 2. The Morgan fingerprint density at radius 3 is 2.73 bits per heavy atom. The second-order valence-corrected chi connectivity index (χ2v) is 7.75. The fourth-order valence-electron chi connectivity index (χ4n) is 3.35. The number of anilines is 2. The first kappa shape index (κ1) is 18.8. The second-order valence-electron chi connectivity index (χ2n) is 6.61. The molecule has 2 fully saturated rings. The van der Waals surface area contributed by atoms with Gasteiger partial charge in [-0.15, -0.1) is 0 Å². The summed E-state index contributed by atoms with van der Waals surface area (Å²) in [5.41, 5.74) is 1.05. The number of carbonyl (C=O) groups excluding carboxylic acids is 2. The highest BCUT2D eigenvalue weighted by atomic mass is 32.2. The molecule has 0 saturated carbocycles. The van der Waals surface area contributed by atoms with Gasteiger partial charge >= 0.3 is 6.09 Å². The molecule has 0 radical (unpaired) electrons. The number of nitrogens with one attached hydrogen (secondary N) is 1. The van der Waals surface area contributed by atoms with Crippen LogP contribution in [0, 0.1) is 5.82 Å². The number of amides is 2. The Bertz CT molecular complexity index is 680. The minimum Gasteiger partial charge on any atom is -0.442 e. The molecular formula is C18H24FN3O3S. The molecule has 1 atom stereocenters. The Morgan fingerprint density at radius 1 is 1.38 bits per heavy atom. The van der Waals surface area contributed by atoms with Gasteiger partial charge in [0, 0.05) is 25.3 Å². The number of hydrogen-bond acceptors (Lipinski definition) is 5. The lowest BCUT2D eigenvalue weighted by atomic mass is 10.1. The van der Waals surface area contributed by atoms with Crippen LogP contribution in [-0.4, -0.2) is 55.8 Å². The summed E-state index contributed by atoms with van der Waals surface area (Å²) in [5, 5.41) is 3.27. The van der Waals surface area contributed by atoms with Gasteiger partial charge in [0.25, 0.3) is 0 Å². The molecule has 142 valence electrons. The predicted octanol–water partition coefficient (Wildman–Crippen LogP) is 2.62. The fraction of sp³-hybridized carbons (Fsp3) is 0.556. The molecule has 6 nitrogen and oxygen atoms in total. The van der Waals surface area contributed by atoms with Crippen molar-refractivity contribution in [3.05, 3.63) is 24.0 Å². The molecule has 1 aromatic rings. The number of benzene rings is 1. The molecule has 2 saturated heterocycles. The summed E-state index contributed by atoms with van der Waals surface area (Å²) < 4.78 is 19.9. The van der Waals surface area contributed by atoms with Crippen molar-refractivity contribution in [3.8, 4) is 0 Å². The molecule has 3 rings (SSSR count). The summed E-state index contributed by atoms with van der Waals surface area (Å²) in [6.45, 7) is 3.63. The van der Waals surface area contributed by atoms with Crippen molar-refractivity contribution in [1.82, 2.24) is 5.32 Å². The standard InChI is InChI=1S/C18H24FN3O3S/c1-12(23)20-10-14-11-22(18(24)25-14)13-3-4-17(16(19)9-13)21-7-5-15(26-2)6-8-21/h3-4,9,14-15H,5-8,10-11H2,1-2H3,(H,20,23)/t14-/m0/s1. The molecular weight excluding hydrogens is 357 g/mol. The smallest absolute Gasteiger partial charge is 0.414 e. The molecule has 0 aliphatic carbocycles. The molecule has 2 amide bonds. The highest BCUT2D eigenvalue weighted by Gasteiger charge is 2.33. The van der Waals surface area contributed by atoms with E-state index in [2.05, 4.69) is 16.5 Å². The summed E-state index contributed by atoms with van der Waals surface area (Å²) in [7, 11) is 0. The Balaban J connectivity index is 1.66. The summed E-state index contributed by atoms with van der Waals surface area (Å²) in [4.78, 5) is 26.5. The normalized spacial score (nSPS) is 21.0. The largest absolute Gasteiger partial charge is 0.442 e. The Morgan fingerprint density at radius 2 is 2.12 bits per heavy atom. The third-order valence-corrected chi connectivity index (χ3v) is 5.95. The minimum atomic E-state index is -0.520. The zero-order valence-electron chi connectivity index (χ0n) is 15.0. The Hall–Kier alpha value is -1.96. The number of thioether (sulfide) groups is 1. The fourth-order valence-corrected chi connectivity index (χ4v) is 4.03. The van der Waals surface area contributed by atoms with E-state index in [-0.39, 0.29) is 24.8 Å². The van der Waals surface area contributed by atoms with Crippen LogP contribution in [0.3, 0.4) is 0 Å². The summed E-state index contributed by atoms with van der Waals surface area (Å²) in [6.07, 6.45) is 3.26. The van der Waals surface area contributed by atoms with Crippen LogP contribution in [0.5, 0.6) is 0 Å². The maximum absolute atomic E-state index is 14.7. The molecule has 1 aromatic carbocycles. The predicted molar refractivity (Wildman–Crippen MR) is 101 cm³/mol. The van der Waals surface area contributed by atoms with Gasteiger partial charge in [-0.05, 0) is 37.3 Å². The molecule has 8 heteroatoms. The van der Waals surface area contributed by atoms with E-state index in [0.717, 1.165) is 25.9 Å². The SMILES string of the molecule is CSC1CCN(c2ccc(N3C[C@H](CNC(C)=O)OC3=O)cc2F)CC1. The molecule has 0 spiro atoms. The number of cyclic esters (lactones) is 1. The van der Waals surface area contributed by atoms with Crippen LogP contribution in [0.25, 0.3) is 0 Å². The lowest BCUT2D eigenvalue weighted by Crippen LogP contribution is -2.35.